The number of carboxylic acids is 1. The second-order valence-electron chi connectivity index (χ2n) is 7.01. The second-order valence-corrected chi connectivity index (χ2v) is 7.01. The maximum atomic E-state index is 12.1. The van der Waals surface area contributed by atoms with Crippen molar-refractivity contribution in [3.8, 4) is 5.75 Å². The molecule has 0 atom stereocenters. The van der Waals surface area contributed by atoms with Gasteiger partial charge in [-0.2, -0.15) is 0 Å². The fourth-order valence-corrected chi connectivity index (χ4v) is 3.04. The molecule has 1 aliphatic carbocycles. The van der Waals surface area contributed by atoms with Gasteiger partial charge in [-0.3, -0.25) is 14.4 Å². The number of carbonyl (C=O) groups is 3. The highest BCUT2D eigenvalue weighted by molar-refractivity contribution is 5.81. The van der Waals surface area contributed by atoms with Crippen LogP contribution in [0.5, 0.6) is 5.75 Å². The fraction of sp³-hybridized carbons (Fsp3) is 0.550. The lowest BCUT2D eigenvalue weighted by Crippen LogP contribution is -2.37. The number of carboxylic acid groups (broad SMARTS) is 1. The Hall–Kier alpha value is -2.41. The summed E-state index contributed by atoms with van der Waals surface area (Å²) in [5, 5.41) is 11.2. The first-order valence-electron chi connectivity index (χ1n) is 9.47. The molecule has 0 radical (unpaired) electrons. The number of aryl methyl sites for hydroxylation is 1. The Morgan fingerprint density at radius 1 is 1.15 bits per heavy atom. The normalized spacial score (nSPS) is 21.1. The van der Waals surface area contributed by atoms with Gasteiger partial charge in [0.15, 0.2) is 0 Å². The molecule has 1 saturated carbocycles. The lowest BCUT2D eigenvalue weighted by molar-refractivity contribution is -0.140. The zero-order valence-corrected chi connectivity index (χ0v) is 15.5. The number of aliphatic carboxylic acids is 1. The van der Waals surface area contributed by atoms with Crippen LogP contribution < -0.4 is 15.8 Å². The highest BCUT2D eigenvalue weighted by Crippen LogP contribution is 2.29. The minimum Gasteiger partial charge on any atom is -0.481 e. The number of hydrogen-bond donors (Lipinski definition) is 3. The summed E-state index contributed by atoms with van der Waals surface area (Å²) in [4.78, 5) is 32.4. The van der Waals surface area contributed by atoms with E-state index >= 15 is 0 Å². The molecule has 3 rings (SSSR count). The minimum absolute atomic E-state index is 0.0329. The SMILES string of the molecule is NC[C@H]1CC[C@H](C(=O)Oc2ccc(CCC(=O)O)cc2)CC1.O=C1CCN1. The molecule has 7 nitrogen and oxygen atoms in total. The van der Waals surface area contributed by atoms with E-state index in [-0.39, 0.29) is 24.2 Å². The molecule has 2 fully saturated rings. The van der Waals surface area contributed by atoms with Crippen molar-refractivity contribution in [3.63, 3.8) is 0 Å². The quantitative estimate of drug-likeness (QED) is 0.396. The summed E-state index contributed by atoms with van der Waals surface area (Å²) in [6.45, 7) is 1.58. The van der Waals surface area contributed by atoms with E-state index in [1.54, 1.807) is 24.3 Å². The lowest BCUT2D eigenvalue weighted by atomic mass is 9.82. The molecule has 1 aliphatic heterocycles. The lowest BCUT2D eigenvalue weighted by Gasteiger charge is -2.26. The topological polar surface area (TPSA) is 119 Å². The number of amides is 1. The van der Waals surface area contributed by atoms with Gasteiger partial charge in [0.05, 0.1) is 5.92 Å². The summed E-state index contributed by atoms with van der Waals surface area (Å²) in [6.07, 6.45) is 4.99. The molecule has 0 bridgehead atoms. The van der Waals surface area contributed by atoms with Crippen molar-refractivity contribution >= 4 is 17.8 Å². The van der Waals surface area contributed by atoms with Crippen LogP contribution in [0, 0.1) is 11.8 Å². The van der Waals surface area contributed by atoms with Crippen molar-refractivity contribution < 1.29 is 24.2 Å². The van der Waals surface area contributed by atoms with Crippen molar-refractivity contribution in [2.75, 3.05) is 13.1 Å². The smallest absolute Gasteiger partial charge is 0.314 e. The largest absolute Gasteiger partial charge is 0.481 e. The Bertz CT molecular complexity index is 630. The number of benzene rings is 1. The van der Waals surface area contributed by atoms with Crippen LogP contribution in [0.15, 0.2) is 24.3 Å². The number of esters is 1. The number of hydrogen-bond acceptors (Lipinski definition) is 5. The molecule has 148 valence electrons. The van der Waals surface area contributed by atoms with E-state index in [4.69, 9.17) is 15.6 Å². The summed E-state index contributed by atoms with van der Waals surface area (Å²) < 4.78 is 5.42. The van der Waals surface area contributed by atoms with Gasteiger partial charge in [-0.25, -0.2) is 0 Å². The van der Waals surface area contributed by atoms with Crippen LogP contribution >= 0.6 is 0 Å². The van der Waals surface area contributed by atoms with Crippen LogP contribution in [0.1, 0.15) is 44.1 Å². The number of nitrogens with one attached hydrogen (secondary N) is 1. The molecular weight excluding hydrogens is 348 g/mol. The van der Waals surface area contributed by atoms with E-state index < -0.39 is 5.97 Å². The van der Waals surface area contributed by atoms with Crippen LogP contribution in [0.2, 0.25) is 0 Å². The molecule has 1 heterocycles. The van der Waals surface area contributed by atoms with E-state index in [2.05, 4.69) is 5.32 Å². The maximum absolute atomic E-state index is 12.1. The zero-order valence-electron chi connectivity index (χ0n) is 15.5. The predicted molar refractivity (Wildman–Crippen MR) is 100 cm³/mol. The highest BCUT2D eigenvalue weighted by atomic mass is 16.5. The summed E-state index contributed by atoms with van der Waals surface area (Å²) >= 11 is 0. The summed E-state index contributed by atoms with van der Waals surface area (Å²) in [7, 11) is 0. The molecule has 2 aliphatic rings. The third-order valence-corrected chi connectivity index (χ3v) is 4.96. The fourth-order valence-electron chi connectivity index (χ4n) is 3.04. The first-order valence-corrected chi connectivity index (χ1v) is 9.47. The van der Waals surface area contributed by atoms with Crippen LogP contribution in [-0.4, -0.2) is 36.0 Å². The number of ether oxygens (including phenoxy) is 1. The van der Waals surface area contributed by atoms with E-state index in [1.807, 2.05) is 0 Å². The molecule has 1 amide bonds. The second kappa shape index (κ2) is 10.7. The van der Waals surface area contributed by atoms with Gasteiger partial charge < -0.3 is 20.9 Å². The van der Waals surface area contributed by atoms with Gasteiger partial charge in [-0.15, -0.1) is 0 Å². The third-order valence-electron chi connectivity index (χ3n) is 4.96. The molecule has 1 aromatic rings. The minimum atomic E-state index is -0.816. The summed E-state index contributed by atoms with van der Waals surface area (Å²) in [6, 6.07) is 7.05. The maximum Gasteiger partial charge on any atom is 0.314 e. The van der Waals surface area contributed by atoms with Crippen LogP contribution in [0.25, 0.3) is 0 Å². The Labute approximate surface area is 159 Å². The van der Waals surface area contributed by atoms with Crippen molar-refractivity contribution in [1.82, 2.24) is 5.32 Å². The Kier molecular flexibility index (Phi) is 8.26. The van der Waals surface area contributed by atoms with Crippen molar-refractivity contribution in [3.05, 3.63) is 29.8 Å². The van der Waals surface area contributed by atoms with E-state index in [0.29, 0.717) is 24.6 Å². The molecule has 1 aromatic carbocycles. The van der Waals surface area contributed by atoms with E-state index in [1.165, 1.54) is 0 Å². The summed E-state index contributed by atoms with van der Waals surface area (Å²) in [5.74, 6) is 0.222. The number of carbonyl (C=O) groups excluding carboxylic acids is 2. The average Bonchev–Trinajstić information content (AvgIpc) is 2.66. The van der Waals surface area contributed by atoms with Gasteiger partial charge in [0.2, 0.25) is 5.91 Å². The van der Waals surface area contributed by atoms with E-state index in [9.17, 15) is 14.4 Å². The first-order chi connectivity index (χ1) is 13.0. The van der Waals surface area contributed by atoms with Gasteiger partial charge in [-0.1, -0.05) is 12.1 Å². The van der Waals surface area contributed by atoms with Crippen molar-refractivity contribution in [1.29, 1.82) is 0 Å². The molecule has 7 heteroatoms. The van der Waals surface area contributed by atoms with E-state index in [0.717, 1.165) is 44.2 Å². The third kappa shape index (κ3) is 7.38. The standard InChI is InChI=1S/C17H23NO4.C3H5NO/c18-11-13-1-6-14(7-2-13)17(21)22-15-8-3-12(4-9-15)5-10-16(19)20;5-3-1-2-4-3/h3-4,8-9,13-14H,1-2,5-7,10-11,18H2,(H,19,20);1-2H2,(H,4,5)/t13-,14-;. The number of β-lactam (4-membered cyclic amide) rings is 1. The molecule has 0 aromatic heterocycles. The molecule has 1 saturated heterocycles. The van der Waals surface area contributed by atoms with Crippen molar-refractivity contribution in [2.45, 2.75) is 44.9 Å². The van der Waals surface area contributed by atoms with Crippen LogP contribution in [0.4, 0.5) is 0 Å². The molecule has 27 heavy (non-hydrogen) atoms. The monoisotopic (exact) mass is 376 g/mol. The average molecular weight is 376 g/mol. The number of rotatable bonds is 6. The van der Waals surface area contributed by atoms with Gasteiger partial charge in [0.25, 0.3) is 0 Å². The summed E-state index contributed by atoms with van der Waals surface area (Å²) in [5.41, 5.74) is 6.57. The first kappa shape index (κ1) is 20.9. The Morgan fingerprint density at radius 2 is 1.74 bits per heavy atom. The molecule has 0 unspecified atom stereocenters. The molecule has 4 N–H and O–H groups in total. The van der Waals surface area contributed by atoms with Crippen molar-refractivity contribution in [2.24, 2.45) is 17.6 Å². The Morgan fingerprint density at radius 3 is 2.19 bits per heavy atom. The molecular formula is C20H28N2O5. The van der Waals surface area contributed by atoms with Crippen LogP contribution in [-0.2, 0) is 20.8 Å². The Balaban J connectivity index is 0.000000451. The van der Waals surface area contributed by atoms with Gasteiger partial charge >= 0.3 is 11.9 Å². The zero-order chi connectivity index (χ0) is 19.6. The van der Waals surface area contributed by atoms with Gasteiger partial charge in [0, 0.05) is 19.4 Å². The highest BCUT2D eigenvalue weighted by Gasteiger charge is 2.27. The van der Waals surface area contributed by atoms with Crippen LogP contribution in [0.3, 0.4) is 0 Å². The number of nitrogens with two attached hydrogens (primary N) is 1. The van der Waals surface area contributed by atoms with Gasteiger partial charge in [-0.05, 0) is 62.3 Å². The predicted octanol–water partition coefficient (Wildman–Crippen LogP) is 1.88. The molecule has 0 spiro atoms. The van der Waals surface area contributed by atoms with Gasteiger partial charge in [0.1, 0.15) is 5.75 Å².